The van der Waals surface area contributed by atoms with E-state index in [-0.39, 0.29) is 17.9 Å². The Morgan fingerprint density at radius 2 is 1.97 bits per heavy atom. The number of pyridine rings is 1. The zero-order valence-electron chi connectivity index (χ0n) is 19.4. The molecule has 2 fully saturated rings. The highest BCUT2D eigenvalue weighted by molar-refractivity contribution is 6.02. The van der Waals surface area contributed by atoms with Crippen LogP contribution in [0.15, 0.2) is 30.5 Å². The Labute approximate surface area is 203 Å². The molecule has 0 spiro atoms. The van der Waals surface area contributed by atoms with E-state index in [0.29, 0.717) is 46.6 Å². The molecule has 0 unspecified atom stereocenters. The third kappa shape index (κ3) is 3.57. The Balaban J connectivity index is 1.57. The molecule has 11 heteroatoms. The summed E-state index contributed by atoms with van der Waals surface area (Å²) >= 11 is 0. The van der Waals surface area contributed by atoms with Gasteiger partial charge in [-0.15, -0.1) is 0 Å². The summed E-state index contributed by atoms with van der Waals surface area (Å²) in [6.45, 7) is 2.78. The van der Waals surface area contributed by atoms with Gasteiger partial charge in [-0.3, -0.25) is 9.78 Å². The second-order valence-corrected chi connectivity index (χ2v) is 9.29. The first-order chi connectivity index (χ1) is 17.3. The van der Waals surface area contributed by atoms with Gasteiger partial charge in [0.25, 0.3) is 12.3 Å². The largest absolute Gasteiger partial charge is 0.371 e. The van der Waals surface area contributed by atoms with Gasteiger partial charge in [-0.25, -0.2) is 18.2 Å². The van der Waals surface area contributed by atoms with Gasteiger partial charge in [-0.2, -0.15) is 9.61 Å². The molecule has 0 atom stereocenters. The van der Waals surface area contributed by atoms with Crippen molar-refractivity contribution in [2.24, 2.45) is 5.73 Å². The zero-order valence-corrected chi connectivity index (χ0v) is 19.4. The molecule has 4 aromatic rings. The molecular formula is C25H23F3N6O2. The van der Waals surface area contributed by atoms with E-state index < -0.39 is 29.4 Å². The van der Waals surface area contributed by atoms with Gasteiger partial charge < -0.3 is 15.4 Å². The Hall–Kier alpha value is -3.73. The van der Waals surface area contributed by atoms with E-state index in [1.54, 1.807) is 25.3 Å². The summed E-state index contributed by atoms with van der Waals surface area (Å²) in [5, 5.41) is 4.79. The molecule has 2 N–H and O–H groups in total. The second-order valence-electron chi connectivity index (χ2n) is 9.29. The van der Waals surface area contributed by atoms with Crippen molar-refractivity contribution < 1.29 is 22.7 Å². The molecule has 0 bridgehead atoms. The third-order valence-electron chi connectivity index (χ3n) is 6.96. The van der Waals surface area contributed by atoms with Crippen LogP contribution >= 0.6 is 0 Å². The number of halogens is 3. The fourth-order valence-corrected chi connectivity index (χ4v) is 4.97. The number of fused-ring (bicyclic) bond motifs is 2. The summed E-state index contributed by atoms with van der Waals surface area (Å²) in [6.07, 6.45) is 2.04. The number of ether oxygens (including phenoxy) is 1. The fraction of sp³-hybridized carbons (Fsp3) is 0.360. The average Bonchev–Trinajstić information content (AvgIpc) is 3.16. The zero-order chi connectivity index (χ0) is 25.1. The van der Waals surface area contributed by atoms with Crippen molar-refractivity contribution in [3.63, 3.8) is 0 Å². The van der Waals surface area contributed by atoms with E-state index in [9.17, 15) is 18.0 Å². The normalized spacial score (nSPS) is 16.6. The molecule has 2 aliphatic rings. The monoisotopic (exact) mass is 496 g/mol. The Kier molecular flexibility index (Phi) is 5.32. The molecule has 6 rings (SSSR count). The molecule has 1 amide bonds. The SMILES string of the molecule is Cc1nc2c(C(N)=O)c(C(F)F)nn2c(N2CC(OC3CCC3)C2)c1-c1ccnc2cc(F)ccc12. The topological polar surface area (TPSA) is 98.6 Å². The summed E-state index contributed by atoms with van der Waals surface area (Å²) in [7, 11) is 0. The number of anilines is 1. The van der Waals surface area contributed by atoms with Crippen molar-refractivity contribution in [1.82, 2.24) is 19.6 Å². The van der Waals surface area contributed by atoms with E-state index in [4.69, 9.17) is 10.5 Å². The van der Waals surface area contributed by atoms with Crippen molar-refractivity contribution in [3.8, 4) is 11.1 Å². The maximum atomic E-state index is 13.9. The van der Waals surface area contributed by atoms with E-state index >= 15 is 0 Å². The number of hydrogen-bond acceptors (Lipinski definition) is 6. The smallest absolute Gasteiger partial charge is 0.283 e. The lowest BCUT2D eigenvalue weighted by molar-refractivity contribution is -0.0616. The number of carbonyl (C=O) groups excluding carboxylic acids is 1. The van der Waals surface area contributed by atoms with E-state index in [2.05, 4.69) is 15.1 Å². The third-order valence-corrected chi connectivity index (χ3v) is 6.96. The maximum Gasteiger partial charge on any atom is 0.283 e. The highest BCUT2D eigenvalue weighted by atomic mass is 19.3. The van der Waals surface area contributed by atoms with Crippen molar-refractivity contribution in [2.45, 2.75) is 44.8 Å². The molecule has 186 valence electrons. The first-order valence-electron chi connectivity index (χ1n) is 11.8. The molecule has 3 aromatic heterocycles. The molecule has 1 aliphatic carbocycles. The van der Waals surface area contributed by atoms with E-state index in [1.165, 1.54) is 16.6 Å². The van der Waals surface area contributed by atoms with Gasteiger partial charge in [0.05, 0.1) is 23.4 Å². The predicted octanol–water partition coefficient (Wildman–Crippen LogP) is 4.19. The van der Waals surface area contributed by atoms with Gasteiger partial charge in [0, 0.05) is 36.3 Å². The number of alkyl halides is 2. The molecule has 0 radical (unpaired) electrons. The lowest BCUT2D eigenvalue weighted by atomic mass is 9.95. The van der Waals surface area contributed by atoms with E-state index in [0.717, 1.165) is 19.3 Å². The Morgan fingerprint density at radius 1 is 1.19 bits per heavy atom. The lowest BCUT2D eigenvalue weighted by Gasteiger charge is -2.44. The number of primary amides is 1. The highest BCUT2D eigenvalue weighted by Gasteiger charge is 2.37. The number of hydrogen-bond donors (Lipinski definition) is 1. The first kappa shape index (κ1) is 22.7. The van der Waals surface area contributed by atoms with Gasteiger partial charge in [-0.05, 0) is 49.9 Å². The Morgan fingerprint density at radius 3 is 2.64 bits per heavy atom. The van der Waals surface area contributed by atoms with Crippen LogP contribution in [-0.4, -0.2) is 50.8 Å². The minimum Gasteiger partial charge on any atom is -0.371 e. The highest BCUT2D eigenvalue weighted by Crippen LogP contribution is 2.41. The number of aryl methyl sites for hydroxylation is 1. The molecule has 36 heavy (non-hydrogen) atoms. The average molecular weight is 496 g/mol. The number of benzene rings is 1. The number of nitrogens with two attached hydrogens (primary N) is 1. The molecular weight excluding hydrogens is 473 g/mol. The second kappa shape index (κ2) is 8.44. The van der Waals surface area contributed by atoms with Crippen LogP contribution in [-0.2, 0) is 4.74 Å². The van der Waals surface area contributed by atoms with Gasteiger partial charge >= 0.3 is 0 Å². The summed E-state index contributed by atoms with van der Waals surface area (Å²) in [5.41, 5.74) is 6.60. The summed E-state index contributed by atoms with van der Waals surface area (Å²) in [4.78, 5) is 22.9. The quantitative estimate of drug-likeness (QED) is 0.430. The van der Waals surface area contributed by atoms with Crippen LogP contribution in [0.3, 0.4) is 0 Å². The van der Waals surface area contributed by atoms with Crippen LogP contribution in [0, 0.1) is 12.7 Å². The van der Waals surface area contributed by atoms with Crippen LogP contribution in [0.2, 0.25) is 0 Å². The summed E-state index contributed by atoms with van der Waals surface area (Å²) < 4.78 is 49.1. The van der Waals surface area contributed by atoms with E-state index in [1.807, 2.05) is 4.90 Å². The molecule has 8 nitrogen and oxygen atoms in total. The van der Waals surface area contributed by atoms with Gasteiger partial charge in [0.2, 0.25) is 0 Å². The molecule has 1 aromatic carbocycles. The first-order valence-corrected chi connectivity index (χ1v) is 11.8. The number of rotatable bonds is 6. The minimum atomic E-state index is -3.01. The van der Waals surface area contributed by atoms with Crippen molar-refractivity contribution in [2.75, 3.05) is 18.0 Å². The van der Waals surface area contributed by atoms with Crippen molar-refractivity contribution in [1.29, 1.82) is 0 Å². The van der Waals surface area contributed by atoms with Crippen molar-refractivity contribution in [3.05, 3.63) is 53.2 Å². The molecule has 4 heterocycles. The van der Waals surface area contributed by atoms with Crippen molar-refractivity contribution >= 4 is 28.3 Å². The van der Waals surface area contributed by atoms with Crippen LogP contribution in [0.25, 0.3) is 27.7 Å². The number of amides is 1. The number of nitrogens with zero attached hydrogens (tertiary/aromatic N) is 5. The van der Waals surface area contributed by atoms with Crippen LogP contribution < -0.4 is 10.6 Å². The standard InChI is InChI=1S/C25H23F3N6O2/c1-12-19(17-7-8-30-18-9-13(26)5-6-16(17)18)25(33-10-15(11-33)36-14-3-2-4-14)34-24(31-12)20(23(29)35)21(32-34)22(27)28/h5-9,14-15,22H,2-4,10-11H2,1H3,(H2,29,35). The van der Waals surface area contributed by atoms with Crippen LogP contribution in [0.5, 0.6) is 0 Å². The summed E-state index contributed by atoms with van der Waals surface area (Å²) in [6, 6.07) is 6.07. The molecule has 1 saturated carbocycles. The fourth-order valence-electron chi connectivity index (χ4n) is 4.97. The van der Waals surface area contributed by atoms with Gasteiger partial charge in [-0.1, -0.05) is 0 Å². The number of aromatic nitrogens is 4. The predicted molar refractivity (Wildman–Crippen MR) is 127 cm³/mol. The van der Waals surface area contributed by atoms with Crippen LogP contribution in [0.4, 0.5) is 19.0 Å². The van der Waals surface area contributed by atoms with Gasteiger partial charge in [0.15, 0.2) is 5.65 Å². The van der Waals surface area contributed by atoms with Crippen LogP contribution in [0.1, 0.15) is 47.4 Å². The molecule has 1 aliphatic heterocycles. The number of carbonyl (C=O) groups is 1. The Bertz CT molecular complexity index is 1510. The van der Waals surface area contributed by atoms with Gasteiger partial charge in [0.1, 0.15) is 22.9 Å². The lowest BCUT2D eigenvalue weighted by Crippen LogP contribution is -2.55. The maximum absolute atomic E-state index is 13.9. The molecule has 1 saturated heterocycles. The summed E-state index contributed by atoms with van der Waals surface area (Å²) in [5.74, 6) is -0.945. The minimum absolute atomic E-state index is 0.00399.